The molecular formula is C11H18N2O3S. The second kappa shape index (κ2) is 6.58. The molecule has 0 bridgehead atoms. The summed E-state index contributed by atoms with van der Waals surface area (Å²) >= 11 is 0. The van der Waals surface area contributed by atoms with Gasteiger partial charge in [-0.05, 0) is 30.5 Å². The minimum absolute atomic E-state index is 0.426. The highest BCUT2D eigenvalue weighted by Gasteiger charge is 2.03. The van der Waals surface area contributed by atoms with Crippen LogP contribution in [0.5, 0.6) is 5.75 Å². The minimum Gasteiger partial charge on any atom is -0.497 e. The summed E-state index contributed by atoms with van der Waals surface area (Å²) in [6.45, 7) is 0.426. The molecule has 0 unspecified atom stereocenters. The maximum atomic E-state index is 11.1. The van der Waals surface area contributed by atoms with Gasteiger partial charge in [-0.3, -0.25) is 0 Å². The maximum Gasteiger partial charge on any atom is 0.276 e. The number of rotatable bonds is 7. The molecule has 0 aliphatic carbocycles. The molecule has 0 spiro atoms. The van der Waals surface area contributed by atoms with Crippen LogP contribution in [0.15, 0.2) is 24.3 Å². The molecule has 17 heavy (non-hydrogen) atoms. The van der Waals surface area contributed by atoms with Gasteiger partial charge < -0.3 is 4.74 Å². The van der Waals surface area contributed by atoms with Gasteiger partial charge in [-0.25, -0.2) is 9.44 Å². The van der Waals surface area contributed by atoms with E-state index >= 15 is 0 Å². The second-order valence-electron chi connectivity index (χ2n) is 3.55. The lowest BCUT2D eigenvalue weighted by Gasteiger charge is -2.05. The van der Waals surface area contributed by atoms with E-state index in [1.54, 1.807) is 7.11 Å². The van der Waals surface area contributed by atoms with Crippen LogP contribution in [0.3, 0.4) is 0 Å². The van der Waals surface area contributed by atoms with E-state index in [0.717, 1.165) is 24.2 Å². The van der Waals surface area contributed by atoms with Gasteiger partial charge in [0.2, 0.25) is 0 Å². The van der Waals surface area contributed by atoms with E-state index in [1.807, 2.05) is 24.3 Å². The fourth-order valence-electron chi connectivity index (χ4n) is 1.36. The number of benzene rings is 1. The van der Waals surface area contributed by atoms with E-state index in [4.69, 9.17) is 4.74 Å². The van der Waals surface area contributed by atoms with Gasteiger partial charge in [0.1, 0.15) is 5.75 Å². The van der Waals surface area contributed by atoms with Gasteiger partial charge in [-0.2, -0.15) is 8.42 Å². The van der Waals surface area contributed by atoms with Crippen LogP contribution >= 0.6 is 0 Å². The van der Waals surface area contributed by atoms with Crippen molar-refractivity contribution in [2.75, 3.05) is 20.7 Å². The topological polar surface area (TPSA) is 67.4 Å². The van der Waals surface area contributed by atoms with Crippen LogP contribution in [-0.4, -0.2) is 29.1 Å². The number of ether oxygens (including phenoxy) is 1. The normalized spacial score (nSPS) is 11.4. The summed E-state index contributed by atoms with van der Waals surface area (Å²) in [6, 6.07) is 7.75. The summed E-state index contributed by atoms with van der Waals surface area (Å²) in [5, 5.41) is 0. The third-order valence-corrected chi connectivity index (χ3v) is 3.48. The first-order valence-corrected chi connectivity index (χ1v) is 6.87. The first kappa shape index (κ1) is 14.0. The van der Waals surface area contributed by atoms with E-state index in [-0.39, 0.29) is 0 Å². The smallest absolute Gasteiger partial charge is 0.276 e. The lowest BCUT2D eigenvalue weighted by molar-refractivity contribution is 0.414. The number of hydrogen-bond donors (Lipinski definition) is 2. The van der Waals surface area contributed by atoms with Crippen molar-refractivity contribution in [2.24, 2.45) is 0 Å². The Morgan fingerprint density at radius 3 is 2.41 bits per heavy atom. The van der Waals surface area contributed by atoms with Gasteiger partial charge in [-0.1, -0.05) is 12.1 Å². The molecule has 1 aromatic rings. The molecule has 0 atom stereocenters. The average Bonchev–Trinajstić information content (AvgIpc) is 2.35. The van der Waals surface area contributed by atoms with Crippen LogP contribution in [0.1, 0.15) is 12.0 Å². The third kappa shape index (κ3) is 5.16. The van der Waals surface area contributed by atoms with Crippen LogP contribution in [-0.2, 0) is 16.6 Å². The number of methoxy groups -OCH3 is 1. The Hall–Kier alpha value is -1.11. The minimum atomic E-state index is -3.30. The molecule has 2 N–H and O–H groups in total. The van der Waals surface area contributed by atoms with Crippen molar-refractivity contribution in [3.8, 4) is 5.75 Å². The van der Waals surface area contributed by atoms with E-state index < -0.39 is 10.2 Å². The summed E-state index contributed by atoms with van der Waals surface area (Å²) in [7, 11) is -0.297. The van der Waals surface area contributed by atoms with Gasteiger partial charge in [-0.15, -0.1) is 0 Å². The van der Waals surface area contributed by atoms with E-state index in [9.17, 15) is 8.42 Å². The fraction of sp³-hybridized carbons (Fsp3) is 0.455. The van der Waals surface area contributed by atoms with Gasteiger partial charge in [0.15, 0.2) is 0 Å². The number of hydrogen-bond acceptors (Lipinski definition) is 3. The molecule has 5 nitrogen and oxygen atoms in total. The summed E-state index contributed by atoms with van der Waals surface area (Å²) in [4.78, 5) is 0. The molecule has 1 rings (SSSR count). The Bertz CT molecular complexity index is 429. The van der Waals surface area contributed by atoms with E-state index in [2.05, 4.69) is 9.44 Å². The molecule has 0 aliphatic heterocycles. The Labute approximate surface area is 102 Å². The summed E-state index contributed by atoms with van der Waals surface area (Å²) in [5.74, 6) is 0.824. The molecule has 0 saturated heterocycles. The number of nitrogens with one attached hydrogen (secondary N) is 2. The summed E-state index contributed by atoms with van der Waals surface area (Å²) in [5.41, 5.74) is 1.16. The SMILES string of the molecule is CNS(=O)(=O)NCCCc1ccc(OC)cc1. The zero-order valence-corrected chi connectivity index (χ0v) is 10.9. The largest absolute Gasteiger partial charge is 0.497 e. The average molecular weight is 258 g/mol. The van der Waals surface area contributed by atoms with Crippen molar-refractivity contribution in [1.82, 2.24) is 9.44 Å². The molecule has 0 amide bonds. The highest BCUT2D eigenvalue weighted by molar-refractivity contribution is 7.87. The molecule has 0 heterocycles. The van der Waals surface area contributed by atoms with Crippen molar-refractivity contribution in [1.29, 1.82) is 0 Å². The quantitative estimate of drug-likeness (QED) is 0.707. The van der Waals surface area contributed by atoms with Gasteiger partial charge in [0.05, 0.1) is 7.11 Å². The van der Waals surface area contributed by atoms with Gasteiger partial charge in [0, 0.05) is 13.6 Å². The lowest BCUT2D eigenvalue weighted by atomic mass is 10.1. The predicted molar refractivity (Wildman–Crippen MR) is 67.3 cm³/mol. The van der Waals surface area contributed by atoms with Crippen LogP contribution in [0, 0.1) is 0 Å². The van der Waals surface area contributed by atoms with Crippen LogP contribution in [0.2, 0.25) is 0 Å². The van der Waals surface area contributed by atoms with Crippen molar-refractivity contribution < 1.29 is 13.2 Å². The standard InChI is InChI=1S/C11H18N2O3S/c1-12-17(14,15)13-9-3-4-10-5-7-11(16-2)8-6-10/h5-8,12-13H,3-4,9H2,1-2H3. The van der Waals surface area contributed by atoms with E-state index in [1.165, 1.54) is 7.05 Å². The van der Waals surface area contributed by atoms with Crippen LogP contribution in [0.25, 0.3) is 0 Å². The van der Waals surface area contributed by atoms with Gasteiger partial charge in [0.25, 0.3) is 10.2 Å². The predicted octanol–water partition coefficient (Wildman–Crippen LogP) is 0.682. The fourth-order valence-corrected chi connectivity index (χ4v) is 1.92. The Balaban J connectivity index is 2.31. The van der Waals surface area contributed by atoms with Gasteiger partial charge >= 0.3 is 0 Å². The first-order chi connectivity index (χ1) is 8.07. The van der Waals surface area contributed by atoms with Crippen LogP contribution in [0.4, 0.5) is 0 Å². The van der Waals surface area contributed by atoms with Crippen molar-refractivity contribution >= 4 is 10.2 Å². The van der Waals surface area contributed by atoms with E-state index in [0.29, 0.717) is 6.54 Å². The third-order valence-electron chi connectivity index (χ3n) is 2.36. The Morgan fingerprint density at radius 1 is 1.24 bits per heavy atom. The summed E-state index contributed by atoms with van der Waals surface area (Å²) in [6.07, 6.45) is 1.59. The highest BCUT2D eigenvalue weighted by Crippen LogP contribution is 2.12. The Kier molecular flexibility index (Phi) is 5.40. The molecule has 96 valence electrons. The Morgan fingerprint density at radius 2 is 1.88 bits per heavy atom. The maximum absolute atomic E-state index is 11.1. The molecule has 0 saturated carbocycles. The zero-order valence-electron chi connectivity index (χ0n) is 10.1. The van der Waals surface area contributed by atoms with Crippen molar-refractivity contribution in [3.63, 3.8) is 0 Å². The first-order valence-electron chi connectivity index (χ1n) is 5.38. The number of aryl methyl sites for hydroxylation is 1. The summed E-state index contributed by atoms with van der Waals surface area (Å²) < 4.78 is 31.8. The zero-order chi connectivity index (χ0) is 12.7. The molecule has 0 aromatic heterocycles. The lowest BCUT2D eigenvalue weighted by Crippen LogP contribution is -2.34. The molecular weight excluding hydrogens is 240 g/mol. The van der Waals surface area contributed by atoms with Crippen LogP contribution < -0.4 is 14.2 Å². The molecule has 0 aliphatic rings. The second-order valence-corrected chi connectivity index (χ2v) is 5.26. The molecule has 0 radical (unpaired) electrons. The molecule has 0 fully saturated rings. The monoisotopic (exact) mass is 258 g/mol. The van der Waals surface area contributed by atoms with Crippen molar-refractivity contribution in [3.05, 3.63) is 29.8 Å². The molecule has 6 heteroatoms. The molecule has 1 aromatic carbocycles. The highest BCUT2D eigenvalue weighted by atomic mass is 32.2. The van der Waals surface area contributed by atoms with Crippen molar-refractivity contribution in [2.45, 2.75) is 12.8 Å².